The Morgan fingerprint density at radius 3 is 0.824 bits per heavy atom. The van der Waals surface area contributed by atoms with Crippen LogP contribution in [-0.2, 0) is 64.6 Å². The molecule has 0 fully saturated rings. The van der Waals surface area contributed by atoms with E-state index in [1.165, 1.54) is 27.7 Å². The van der Waals surface area contributed by atoms with Gasteiger partial charge >= 0.3 is 23.9 Å². The lowest BCUT2D eigenvalue weighted by Crippen LogP contribution is -2.14. The number of carbonyl (C=O) groups excluding carboxylic acids is 4. The number of ether oxygens (including phenoxy) is 4. The smallest absolute Gasteiger partial charge is 0.333 e. The van der Waals surface area contributed by atoms with Crippen molar-refractivity contribution >= 4 is 23.9 Å². The van der Waals surface area contributed by atoms with Crippen LogP contribution in [-0.4, -0.2) is 23.9 Å². The third-order valence-corrected chi connectivity index (χ3v) is 4.35. The lowest BCUT2D eigenvalue weighted by Gasteiger charge is -2.17. The average molecular weight is 471 g/mol. The largest absolute Gasteiger partial charge is 0.457 e. The van der Waals surface area contributed by atoms with Crippen LogP contribution in [0.3, 0.4) is 0 Å². The van der Waals surface area contributed by atoms with Gasteiger partial charge in [0.25, 0.3) is 0 Å². The van der Waals surface area contributed by atoms with E-state index < -0.39 is 23.9 Å². The fraction of sp³-hybridized carbons (Fsp3) is 0.308. The maximum atomic E-state index is 11.9. The predicted molar refractivity (Wildman–Crippen MR) is 125 cm³/mol. The van der Waals surface area contributed by atoms with Crippen molar-refractivity contribution in [3.8, 4) is 0 Å². The SMILES string of the molecule is C=C(C)C(=O)OCc1cc(COC(=O)C(=C)C)c(COC(=O)C(=C)C)cc1COC(=O)C(=C)C. The third-order valence-electron chi connectivity index (χ3n) is 4.35. The van der Waals surface area contributed by atoms with Crippen LogP contribution in [0, 0.1) is 0 Å². The molecule has 0 N–H and O–H groups in total. The van der Waals surface area contributed by atoms with Gasteiger partial charge < -0.3 is 18.9 Å². The Balaban J connectivity index is 3.38. The van der Waals surface area contributed by atoms with Crippen molar-refractivity contribution in [3.63, 3.8) is 0 Å². The monoisotopic (exact) mass is 470 g/mol. The minimum Gasteiger partial charge on any atom is -0.457 e. The van der Waals surface area contributed by atoms with Gasteiger partial charge in [0, 0.05) is 22.3 Å². The Labute approximate surface area is 199 Å². The molecule has 0 aliphatic rings. The number of benzene rings is 1. The maximum Gasteiger partial charge on any atom is 0.333 e. The maximum absolute atomic E-state index is 11.9. The van der Waals surface area contributed by atoms with Gasteiger partial charge in [-0.3, -0.25) is 0 Å². The standard InChI is InChI=1S/C26H30O8/c1-15(2)23(27)31-11-19-9-21(13-33-25(29)17(5)6)22(14-34-26(30)18(7)8)10-20(19)12-32-24(28)16(3)4/h9-10H,1,3,5,7,11-14H2,2,4,6,8H3. The van der Waals surface area contributed by atoms with Gasteiger partial charge in [-0.25, -0.2) is 19.2 Å². The van der Waals surface area contributed by atoms with E-state index in [2.05, 4.69) is 26.3 Å². The van der Waals surface area contributed by atoms with Crippen LogP contribution in [0.15, 0.2) is 60.7 Å². The summed E-state index contributed by atoms with van der Waals surface area (Å²) >= 11 is 0. The number of hydrogen-bond donors (Lipinski definition) is 0. The Hall–Kier alpha value is -3.94. The molecule has 0 bridgehead atoms. The van der Waals surface area contributed by atoms with Gasteiger partial charge in [-0.15, -0.1) is 0 Å². The minimum atomic E-state index is -0.598. The van der Waals surface area contributed by atoms with Crippen LogP contribution in [0.1, 0.15) is 49.9 Å². The molecule has 0 heterocycles. The van der Waals surface area contributed by atoms with Gasteiger partial charge in [0.05, 0.1) is 0 Å². The summed E-state index contributed by atoms with van der Waals surface area (Å²) in [5.74, 6) is -2.39. The van der Waals surface area contributed by atoms with E-state index in [-0.39, 0.29) is 48.7 Å². The molecule has 8 nitrogen and oxygen atoms in total. The molecule has 0 radical (unpaired) electrons. The Bertz CT molecular complexity index is 883. The second-order valence-electron chi connectivity index (χ2n) is 7.82. The first-order chi connectivity index (χ1) is 15.8. The van der Waals surface area contributed by atoms with Crippen molar-refractivity contribution in [3.05, 3.63) is 83.0 Å². The van der Waals surface area contributed by atoms with E-state index >= 15 is 0 Å². The van der Waals surface area contributed by atoms with Gasteiger partial charge in [-0.1, -0.05) is 26.3 Å². The van der Waals surface area contributed by atoms with Crippen molar-refractivity contribution in [1.29, 1.82) is 0 Å². The van der Waals surface area contributed by atoms with Crippen LogP contribution in [0.4, 0.5) is 0 Å². The molecular formula is C26H30O8. The zero-order chi connectivity index (χ0) is 26.0. The molecule has 0 amide bonds. The molecule has 0 aromatic heterocycles. The van der Waals surface area contributed by atoms with Crippen LogP contribution in [0.5, 0.6) is 0 Å². The van der Waals surface area contributed by atoms with E-state index in [4.69, 9.17) is 18.9 Å². The Morgan fingerprint density at radius 1 is 0.500 bits per heavy atom. The van der Waals surface area contributed by atoms with Crippen molar-refractivity contribution in [2.24, 2.45) is 0 Å². The Kier molecular flexibility index (Phi) is 10.7. The molecular weight excluding hydrogens is 440 g/mol. The highest BCUT2D eigenvalue weighted by Gasteiger charge is 2.17. The molecule has 0 atom stereocenters. The summed E-state index contributed by atoms with van der Waals surface area (Å²) in [7, 11) is 0. The highest BCUT2D eigenvalue weighted by Crippen LogP contribution is 2.23. The summed E-state index contributed by atoms with van der Waals surface area (Å²) < 4.78 is 21.0. The fourth-order valence-corrected chi connectivity index (χ4v) is 2.39. The third kappa shape index (κ3) is 8.90. The first kappa shape index (κ1) is 28.1. The summed E-state index contributed by atoms with van der Waals surface area (Å²) in [5.41, 5.74) is 2.87. The molecule has 0 spiro atoms. The zero-order valence-corrected chi connectivity index (χ0v) is 20.1. The predicted octanol–water partition coefficient (Wildman–Crippen LogP) is 4.16. The molecule has 0 unspecified atom stereocenters. The van der Waals surface area contributed by atoms with Gasteiger partial charge in [0.15, 0.2) is 0 Å². The van der Waals surface area contributed by atoms with Crippen molar-refractivity contribution < 1.29 is 38.1 Å². The molecule has 8 heteroatoms. The highest BCUT2D eigenvalue weighted by molar-refractivity contribution is 5.88. The zero-order valence-electron chi connectivity index (χ0n) is 20.1. The number of esters is 4. The highest BCUT2D eigenvalue weighted by atomic mass is 16.5. The second-order valence-corrected chi connectivity index (χ2v) is 7.82. The van der Waals surface area contributed by atoms with Crippen LogP contribution >= 0.6 is 0 Å². The molecule has 34 heavy (non-hydrogen) atoms. The molecule has 0 aliphatic carbocycles. The van der Waals surface area contributed by atoms with Crippen molar-refractivity contribution in [1.82, 2.24) is 0 Å². The summed E-state index contributed by atoms with van der Waals surface area (Å²) in [6.45, 7) is 19.6. The Morgan fingerprint density at radius 2 is 0.676 bits per heavy atom. The van der Waals surface area contributed by atoms with Crippen LogP contribution in [0.2, 0.25) is 0 Å². The fourth-order valence-electron chi connectivity index (χ4n) is 2.39. The second kappa shape index (κ2) is 12.9. The normalized spacial score (nSPS) is 10.0. The minimum absolute atomic E-state index is 0.154. The van der Waals surface area contributed by atoms with Gasteiger partial charge in [0.2, 0.25) is 0 Å². The molecule has 182 valence electrons. The van der Waals surface area contributed by atoms with Gasteiger partial charge in [-0.2, -0.15) is 0 Å². The van der Waals surface area contributed by atoms with E-state index in [1.54, 1.807) is 12.1 Å². The molecule has 1 aromatic rings. The molecule has 1 aromatic carbocycles. The first-order valence-corrected chi connectivity index (χ1v) is 10.3. The van der Waals surface area contributed by atoms with Gasteiger partial charge in [0.1, 0.15) is 26.4 Å². The van der Waals surface area contributed by atoms with E-state index in [0.717, 1.165) is 0 Å². The lowest BCUT2D eigenvalue weighted by molar-refractivity contribution is -0.142. The van der Waals surface area contributed by atoms with Crippen molar-refractivity contribution in [2.75, 3.05) is 0 Å². The number of rotatable bonds is 12. The van der Waals surface area contributed by atoms with Crippen LogP contribution in [0.25, 0.3) is 0 Å². The van der Waals surface area contributed by atoms with E-state index in [1.807, 2.05) is 0 Å². The van der Waals surface area contributed by atoms with Crippen molar-refractivity contribution in [2.45, 2.75) is 54.1 Å². The van der Waals surface area contributed by atoms with E-state index in [0.29, 0.717) is 22.3 Å². The topological polar surface area (TPSA) is 105 Å². The average Bonchev–Trinajstić information content (AvgIpc) is 2.77. The summed E-state index contributed by atoms with van der Waals surface area (Å²) in [6, 6.07) is 3.26. The molecule has 1 rings (SSSR count). The first-order valence-electron chi connectivity index (χ1n) is 10.3. The molecule has 0 aliphatic heterocycles. The molecule has 0 saturated heterocycles. The molecule has 0 saturated carbocycles. The summed E-state index contributed by atoms with van der Waals surface area (Å²) in [5, 5.41) is 0. The summed E-state index contributed by atoms with van der Waals surface area (Å²) in [6.07, 6.45) is 0. The van der Waals surface area contributed by atoms with E-state index in [9.17, 15) is 19.2 Å². The van der Waals surface area contributed by atoms with Crippen LogP contribution < -0.4 is 0 Å². The lowest BCUT2D eigenvalue weighted by atomic mass is 9.99. The number of carbonyl (C=O) groups is 4. The van der Waals surface area contributed by atoms with Gasteiger partial charge in [-0.05, 0) is 62.1 Å². The number of hydrogen-bond acceptors (Lipinski definition) is 8. The quantitative estimate of drug-likeness (QED) is 0.255. The summed E-state index contributed by atoms with van der Waals surface area (Å²) in [4.78, 5) is 47.6.